The van der Waals surface area contributed by atoms with Crippen molar-refractivity contribution in [1.29, 1.82) is 0 Å². The molecule has 1 aliphatic rings. The number of hydrogen-bond acceptors (Lipinski definition) is 7. The highest BCUT2D eigenvalue weighted by molar-refractivity contribution is 5.92. The predicted octanol–water partition coefficient (Wildman–Crippen LogP) is 5.04. The van der Waals surface area contributed by atoms with Gasteiger partial charge in [-0.3, -0.25) is 14.8 Å². The van der Waals surface area contributed by atoms with E-state index in [9.17, 15) is 24.4 Å². The topological polar surface area (TPSA) is 134 Å². The van der Waals surface area contributed by atoms with Crippen LogP contribution in [-0.4, -0.2) is 58.9 Å². The summed E-state index contributed by atoms with van der Waals surface area (Å²) in [4.78, 5) is 52.1. The Hall–Kier alpha value is -4.70. The molecule has 3 amide bonds. The molecule has 0 saturated carbocycles. The molecule has 0 aliphatic heterocycles. The number of rotatable bonds is 12. The average Bonchev–Trinajstić information content (AvgIpc) is 3.34. The van der Waals surface area contributed by atoms with Crippen molar-refractivity contribution >= 4 is 23.9 Å². The Morgan fingerprint density at radius 2 is 1.31 bits per heavy atom. The van der Waals surface area contributed by atoms with Crippen LogP contribution in [0.25, 0.3) is 11.1 Å². The standard InChI is InChI=1S/C35H41N3O7/c1-21(2)30(34(41)44-19-24-13-7-6-8-14-24)37-32(39)31(22(3)4)38(43)33(40)23(5)36-35(42)45-20-29-27-17-11-9-15-25(27)26-16-10-12-18-28(26)29/h6-18,21-23,29-31,43H,19-20H2,1-5H3,(H,36,42)(H,37,39)/t23-,30-,31+/m0/s1. The molecule has 45 heavy (non-hydrogen) atoms. The number of benzene rings is 3. The average molecular weight is 616 g/mol. The number of hydroxylamine groups is 2. The number of carbonyl (C=O) groups is 4. The van der Waals surface area contributed by atoms with Gasteiger partial charge in [-0.05, 0) is 46.6 Å². The maximum atomic E-state index is 13.3. The van der Waals surface area contributed by atoms with Gasteiger partial charge in [0.25, 0.3) is 5.91 Å². The van der Waals surface area contributed by atoms with Gasteiger partial charge in [-0.25, -0.2) is 14.7 Å². The predicted molar refractivity (Wildman–Crippen MR) is 168 cm³/mol. The second-order valence-electron chi connectivity index (χ2n) is 11.9. The summed E-state index contributed by atoms with van der Waals surface area (Å²) in [5.41, 5.74) is 5.07. The van der Waals surface area contributed by atoms with Crippen molar-refractivity contribution in [3.05, 3.63) is 95.6 Å². The van der Waals surface area contributed by atoms with Crippen LogP contribution in [0.3, 0.4) is 0 Å². The van der Waals surface area contributed by atoms with Gasteiger partial charge in [0.15, 0.2) is 0 Å². The van der Waals surface area contributed by atoms with E-state index < -0.39 is 47.9 Å². The number of alkyl carbamates (subject to hydrolysis) is 1. The third-order valence-electron chi connectivity index (χ3n) is 7.88. The largest absolute Gasteiger partial charge is 0.459 e. The summed E-state index contributed by atoms with van der Waals surface area (Å²) in [6.07, 6.45) is -0.835. The van der Waals surface area contributed by atoms with Crippen molar-refractivity contribution < 1.29 is 33.9 Å². The van der Waals surface area contributed by atoms with Crippen LogP contribution in [-0.2, 0) is 30.5 Å². The molecule has 3 aromatic rings. The Morgan fingerprint density at radius 1 is 0.756 bits per heavy atom. The molecule has 3 aromatic carbocycles. The zero-order chi connectivity index (χ0) is 32.7. The SMILES string of the molecule is CC(C)[C@H](NC(=O)[C@@H](C(C)C)N(O)C(=O)[C@H](C)NC(=O)OCC1c2ccccc2-c2ccccc21)C(=O)OCc1ccccc1. The van der Waals surface area contributed by atoms with Crippen LogP contribution in [0.1, 0.15) is 57.2 Å². The van der Waals surface area contributed by atoms with Gasteiger partial charge < -0.3 is 20.1 Å². The molecule has 1 aliphatic carbocycles. The summed E-state index contributed by atoms with van der Waals surface area (Å²) < 4.78 is 10.9. The third-order valence-corrected chi connectivity index (χ3v) is 7.88. The van der Waals surface area contributed by atoms with Crippen LogP contribution in [0.2, 0.25) is 0 Å². The van der Waals surface area contributed by atoms with E-state index in [1.165, 1.54) is 6.92 Å². The number of esters is 1. The van der Waals surface area contributed by atoms with Crippen LogP contribution >= 0.6 is 0 Å². The summed E-state index contributed by atoms with van der Waals surface area (Å²) in [7, 11) is 0. The fourth-order valence-electron chi connectivity index (χ4n) is 5.47. The van der Waals surface area contributed by atoms with Crippen molar-refractivity contribution in [2.75, 3.05) is 6.61 Å². The number of hydrogen-bond donors (Lipinski definition) is 3. The van der Waals surface area contributed by atoms with Crippen LogP contribution in [0.5, 0.6) is 0 Å². The zero-order valence-electron chi connectivity index (χ0n) is 26.2. The van der Waals surface area contributed by atoms with Crippen LogP contribution < -0.4 is 10.6 Å². The van der Waals surface area contributed by atoms with E-state index in [1.54, 1.807) is 27.7 Å². The molecule has 10 heteroatoms. The van der Waals surface area contributed by atoms with Gasteiger partial charge in [-0.15, -0.1) is 0 Å². The normalized spacial score (nSPS) is 14.1. The highest BCUT2D eigenvalue weighted by Gasteiger charge is 2.37. The van der Waals surface area contributed by atoms with Crippen molar-refractivity contribution in [3.63, 3.8) is 0 Å². The van der Waals surface area contributed by atoms with E-state index in [2.05, 4.69) is 10.6 Å². The molecule has 0 aromatic heterocycles. The smallest absolute Gasteiger partial charge is 0.407 e. The van der Waals surface area contributed by atoms with Crippen molar-refractivity contribution in [3.8, 4) is 11.1 Å². The minimum atomic E-state index is -1.34. The lowest BCUT2D eigenvalue weighted by atomic mass is 9.98. The molecule has 0 radical (unpaired) electrons. The molecular formula is C35H41N3O7. The molecule has 0 spiro atoms. The molecule has 0 saturated heterocycles. The van der Waals surface area contributed by atoms with E-state index in [4.69, 9.17) is 9.47 Å². The molecule has 238 valence electrons. The lowest BCUT2D eigenvalue weighted by Crippen LogP contribution is -2.58. The fraction of sp³-hybridized carbons (Fsp3) is 0.371. The van der Waals surface area contributed by atoms with Gasteiger partial charge >= 0.3 is 12.1 Å². The monoisotopic (exact) mass is 615 g/mol. The quantitative estimate of drug-likeness (QED) is 0.148. The van der Waals surface area contributed by atoms with Gasteiger partial charge in [0.1, 0.15) is 31.3 Å². The minimum absolute atomic E-state index is 0.0377. The molecular weight excluding hydrogens is 574 g/mol. The van der Waals surface area contributed by atoms with Crippen LogP contribution in [0.4, 0.5) is 4.79 Å². The van der Waals surface area contributed by atoms with Gasteiger partial charge in [0.2, 0.25) is 5.91 Å². The summed E-state index contributed by atoms with van der Waals surface area (Å²) in [5, 5.41) is 16.3. The number of amides is 3. The zero-order valence-corrected chi connectivity index (χ0v) is 26.2. The maximum Gasteiger partial charge on any atom is 0.407 e. The van der Waals surface area contributed by atoms with Crippen LogP contribution in [0, 0.1) is 11.8 Å². The van der Waals surface area contributed by atoms with Crippen LogP contribution in [0.15, 0.2) is 78.9 Å². The van der Waals surface area contributed by atoms with Crippen molar-refractivity contribution in [2.24, 2.45) is 11.8 Å². The number of ether oxygens (including phenoxy) is 2. The first-order valence-corrected chi connectivity index (χ1v) is 15.1. The Kier molecular flexibility index (Phi) is 11.0. The number of fused-ring (bicyclic) bond motifs is 3. The van der Waals surface area contributed by atoms with E-state index in [0.717, 1.165) is 27.8 Å². The molecule has 4 rings (SSSR count). The summed E-state index contributed by atoms with van der Waals surface area (Å²) in [5.74, 6) is -3.30. The highest BCUT2D eigenvalue weighted by Crippen LogP contribution is 2.44. The first-order chi connectivity index (χ1) is 21.5. The Bertz CT molecular complexity index is 1460. The van der Waals surface area contributed by atoms with Crippen molar-refractivity contribution in [2.45, 2.75) is 65.3 Å². The summed E-state index contributed by atoms with van der Waals surface area (Å²) >= 11 is 0. The van der Waals surface area contributed by atoms with E-state index >= 15 is 0 Å². The van der Waals surface area contributed by atoms with Gasteiger partial charge in [0, 0.05) is 5.92 Å². The molecule has 0 heterocycles. The molecule has 3 N–H and O–H groups in total. The minimum Gasteiger partial charge on any atom is -0.459 e. The molecule has 0 bridgehead atoms. The van der Waals surface area contributed by atoms with E-state index in [-0.39, 0.29) is 25.0 Å². The second kappa shape index (κ2) is 14.9. The third kappa shape index (κ3) is 7.88. The number of nitrogens with one attached hydrogen (secondary N) is 2. The van der Waals surface area contributed by atoms with Crippen molar-refractivity contribution in [1.82, 2.24) is 15.7 Å². The summed E-state index contributed by atoms with van der Waals surface area (Å²) in [6, 6.07) is 21.4. The number of carbonyl (C=O) groups excluding carboxylic acids is 4. The Morgan fingerprint density at radius 3 is 1.87 bits per heavy atom. The fourth-order valence-corrected chi connectivity index (χ4v) is 5.47. The number of nitrogens with zero attached hydrogens (tertiary/aromatic N) is 1. The molecule has 0 unspecified atom stereocenters. The first-order valence-electron chi connectivity index (χ1n) is 15.1. The second-order valence-corrected chi connectivity index (χ2v) is 11.9. The van der Waals surface area contributed by atoms with Gasteiger partial charge in [0.05, 0.1) is 0 Å². The van der Waals surface area contributed by atoms with E-state index in [0.29, 0.717) is 5.06 Å². The van der Waals surface area contributed by atoms with Gasteiger partial charge in [-0.1, -0.05) is 107 Å². The molecule has 10 nitrogen and oxygen atoms in total. The highest BCUT2D eigenvalue weighted by atomic mass is 16.6. The Balaban J connectivity index is 1.34. The lowest BCUT2D eigenvalue weighted by Gasteiger charge is -2.31. The molecule has 3 atom stereocenters. The summed E-state index contributed by atoms with van der Waals surface area (Å²) in [6.45, 7) is 8.29. The van der Waals surface area contributed by atoms with Gasteiger partial charge in [-0.2, -0.15) is 0 Å². The first kappa shape index (κ1) is 33.2. The Labute approximate surface area is 263 Å². The maximum absolute atomic E-state index is 13.3. The molecule has 0 fully saturated rings. The lowest BCUT2D eigenvalue weighted by molar-refractivity contribution is -0.186. The van der Waals surface area contributed by atoms with E-state index in [1.807, 2.05) is 78.9 Å².